The molecule has 1 N–H and O–H groups in total. The van der Waals surface area contributed by atoms with Crippen LogP contribution in [0.15, 0.2) is 36.4 Å². The van der Waals surface area contributed by atoms with E-state index in [1.807, 2.05) is 20.9 Å². The van der Waals surface area contributed by atoms with Crippen molar-refractivity contribution in [3.8, 4) is 23.1 Å². The molecule has 0 bridgehead atoms. The number of alkyl halides is 3. The fourth-order valence-corrected chi connectivity index (χ4v) is 2.82. The van der Waals surface area contributed by atoms with Gasteiger partial charge >= 0.3 is 6.36 Å². The number of aryl methyl sites for hydroxylation is 2. The van der Waals surface area contributed by atoms with E-state index in [4.69, 9.17) is 0 Å². The number of benzene rings is 1. The lowest BCUT2D eigenvalue weighted by Crippen LogP contribution is -2.16. The second-order valence-electron chi connectivity index (χ2n) is 6.10. The van der Waals surface area contributed by atoms with Crippen molar-refractivity contribution in [3.05, 3.63) is 53.3 Å². The lowest BCUT2D eigenvalue weighted by Gasteiger charge is -2.11. The Morgan fingerprint density at radius 1 is 1.14 bits per heavy atom. The molecule has 0 fully saturated rings. The number of hydrogen-bond acceptors (Lipinski definition) is 5. The minimum absolute atomic E-state index is 0.320. The van der Waals surface area contributed by atoms with Gasteiger partial charge < -0.3 is 10.1 Å². The lowest BCUT2D eigenvalue weighted by molar-refractivity contribution is -0.274. The van der Waals surface area contributed by atoms with E-state index in [2.05, 4.69) is 26.2 Å². The highest BCUT2D eigenvalue weighted by atomic mass is 19.4. The Bertz CT molecular complexity index is 1050. The maximum Gasteiger partial charge on any atom is 0.573 e. The van der Waals surface area contributed by atoms with E-state index in [9.17, 15) is 18.4 Å². The Hall–Kier alpha value is -3.54. The minimum atomic E-state index is -4.74. The second-order valence-corrected chi connectivity index (χ2v) is 6.10. The Morgan fingerprint density at radius 2 is 1.82 bits per heavy atom. The molecule has 0 aliphatic heterocycles. The van der Waals surface area contributed by atoms with E-state index in [1.165, 1.54) is 24.3 Å². The van der Waals surface area contributed by atoms with E-state index >= 15 is 0 Å². The first-order valence-electron chi connectivity index (χ1n) is 8.22. The van der Waals surface area contributed by atoms with E-state index in [-0.39, 0.29) is 5.75 Å². The summed E-state index contributed by atoms with van der Waals surface area (Å²) in [6, 6.07) is 10.6. The molecule has 0 aliphatic rings. The highest BCUT2D eigenvalue weighted by Crippen LogP contribution is 2.29. The zero-order valence-electron chi connectivity index (χ0n) is 15.3. The number of ether oxygens (including phenoxy) is 1. The van der Waals surface area contributed by atoms with Crippen LogP contribution in [0.1, 0.15) is 17.0 Å². The normalized spacial score (nSPS) is 11.2. The molecule has 2 heterocycles. The standard InChI is InChI=1S/C19H16F3N5O/c1-11-18(12(2)27(3)26-11)16-8-13(10-23)9-17(25-16)24-14-4-6-15(7-5-14)28-19(20,21)22/h4-9H,1-3H3,(H,24,25). The van der Waals surface area contributed by atoms with Crippen molar-refractivity contribution in [1.82, 2.24) is 14.8 Å². The first-order chi connectivity index (χ1) is 13.2. The van der Waals surface area contributed by atoms with Crippen LogP contribution >= 0.6 is 0 Å². The van der Waals surface area contributed by atoms with Gasteiger partial charge in [-0.15, -0.1) is 13.2 Å². The molecule has 0 saturated carbocycles. The van der Waals surface area contributed by atoms with Gasteiger partial charge in [-0.2, -0.15) is 10.4 Å². The number of anilines is 2. The zero-order chi connectivity index (χ0) is 20.5. The molecule has 0 atom stereocenters. The van der Waals surface area contributed by atoms with Gasteiger partial charge in [0.15, 0.2) is 0 Å². The van der Waals surface area contributed by atoms with Crippen LogP contribution < -0.4 is 10.1 Å². The van der Waals surface area contributed by atoms with Gasteiger partial charge in [-0.25, -0.2) is 4.98 Å². The molecule has 0 radical (unpaired) electrons. The fourth-order valence-electron chi connectivity index (χ4n) is 2.82. The molecule has 0 aliphatic carbocycles. The van der Waals surface area contributed by atoms with E-state index in [1.54, 1.807) is 16.8 Å². The van der Waals surface area contributed by atoms with Gasteiger partial charge in [-0.3, -0.25) is 4.68 Å². The van der Waals surface area contributed by atoms with E-state index in [0.29, 0.717) is 22.8 Å². The molecule has 3 rings (SSSR count). The molecule has 0 spiro atoms. The van der Waals surface area contributed by atoms with Gasteiger partial charge in [0.05, 0.1) is 23.0 Å². The second kappa shape index (κ2) is 7.23. The highest BCUT2D eigenvalue weighted by Gasteiger charge is 2.30. The number of aromatic nitrogens is 3. The summed E-state index contributed by atoms with van der Waals surface area (Å²) in [6.07, 6.45) is -4.74. The number of nitrogens with one attached hydrogen (secondary N) is 1. The van der Waals surface area contributed by atoms with Gasteiger partial charge in [0.2, 0.25) is 0 Å². The third kappa shape index (κ3) is 4.23. The Balaban J connectivity index is 1.92. The summed E-state index contributed by atoms with van der Waals surface area (Å²) in [5.41, 5.74) is 4.00. The van der Waals surface area contributed by atoms with Gasteiger partial charge in [-0.05, 0) is 50.2 Å². The number of nitrogens with zero attached hydrogens (tertiary/aromatic N) is 4. The van der Waals surface area contributed by atoms with E-state index < -0.39 is 6.36 Å². The van der Waals surface area contributed by atoms with Crippen LogP contribution in [0, 0.1) is 25.2 Å². The largest absolute Gasteiger partial charge is 0.573 e. The van der Waals surface area contributed by atoms with Crippen molar-refractivity contribution in [2.45, 2.75) is 20.2 Å². The molecule has 0 amide bonds. The summed E-state index contributed by atoms with van der Waals surface area (Å²) in [5, 5.41) is 16.7. The van der Waals surface area contributed by atoms with Gasteiger partial charge in [0.25, 0.3) is 0 Å². The van der Waals surface area contributed by atoms with Crippen molar-refractivity contribution in [2.75, 3.05) is 5.32 Å². The van der Waals surface area contributed by atoms with E-state index in [0.717, 1.165) is 17.0 Å². The van der Waals surface area contributed by atoms with Crippen LogP contribution in [-0.2, 0) is 7.05 Å². The quantitative estimate of drug-likeness (QED) is 0.707. The number of nitriles is 1. The minimum Gasteiger partial charge on any atom is -0.406 e. The zero-order valence-corrected chi connectivity index (χ0v) is 15.3. The molecular formula is C19H16F3N5O. The van der Waals surface area contributed by atoms with Crippen molar-refractivity contribution >= 4 is 11.5 Å². The smallest absolute Gasteiger partial charge is 0.406 e. The topological polar surface area (TPSA) is 75.8 Å². The summed E-state index contributed by atoms with van der Waals surface area (Å²) in [5.74, 6) is 0.0697. The predicted octanol–water partition coefficient (Wildman–Crippen LogP) is 4.61. The summed E-state index contributed by atoms with van der Waals surface area (Å²) >= 11 is 0. The SMILES string of the molecule is Cc1nn(C)c(C)c1-c1cc(C#N)cc(Nc2ccc(OC(F)(F)F)cc2)n1. The Labute approximate surface area is 159 Å². The monoisotopic (exact) mass is 387 g/mol. The molecule has 0 saturated heterocycles. The van der Waals surface area contributed by atoms with Crippen molar-refractivity contribution in [1.29, 1.82) is 5.26 Å². The van der Waals surface area contributed by atoms with Crippen LogP contribution in [-0.4, -0.2) is 21.1 Å². The predicted molar refractivity (Wildman–Crippen MR) is 97.0 cm³/mol. The van der Waals surface area contributed by atoms with Gasteiger partial charge in [-0.1, -0.05) is 0 Å². The third-order valence-electron chi connectivity index (χ3n) is 4.08. The summed E-state index contributed by atoms with van der Waals surface area (Å²) in [4.78, 5) is 4.54. The molecule has 144 valence electrons. The molecule has 28 heavy (non-hydrogen) atoms. The van der Waals surface area contributed by atoms with Crippen molar-refractivity contribution < 1.29 is 17.9 Å². The van der Waals surface area contributed by atoms with Crippen LogP contribution in [0.3, 0.4) is 0 Å². The highest BCUT2D eigenvalue weighted by molar-refractivity contribution is 5.70. The number of rotatable bonds is 4. The van der Waals surface area contributed by atoms with Crippen molar-refractivity contribution in [2.24, 2.45) is 7.05 Å². The third-order valence-corrected chi connectivity index (χ3v) is 4.08. The first kappa shape index (κ1) is 19.2. The number of halogens is 3. The molecule has 2 aromatic heterocycles. The summed E-state index contributed by atoms with van der Waals surface area (Å²) in [6.45, 7) is 3.76. The van der Waals surface area contributed by atoms with Crippen LogP contribution in [0.4, 0.5) is 24.7 Å². The van der Waals surface area contributed by atoms with Crippen molar-refractivity contribution in [3.63, 3.8) is 0 Å². The molecule has 9 heteroatoms. The van der Waals surface area contributed by atoms with Gasteiger partial charge in [0.1, 0.15) is 11.6 Å². The average Bonchev–Trinajstić information content (AvgIpc) is 2.87. The number of pyridine rings is 1. The Morgan fingerprint density at radius 3 is 2.36 bits per heavy atom. The van der Waals surface area contributed by atoms with Crippen LogP contribution in [0.25, 0.3) is 11.3 Å². The van der Waals surface area contributed by atoms with Crippen LogP contribution in [0.5, 0.6) is 5.75 Å². The summed E-state index contributed by atoms with van der Waals surface area (Å²) < 4.78 is 42.4. The maximum atomic E-state index is 12.3. The van der Waals surface area contributed by atoms with Crippen LogP contribution in [0.2, 0.25) is 0 Å². The number of hydrogen-bond donors (Lipinski definition) is 1. The molecule has 3 aromatic rings. The molecular weight excluding hydrogens is 371 g/mol. The fraction of sp³-hybridized carbons (Fsp3) is 0.211. The maximum absolute atomic E-state index is 12.3. The lowest BCUT2D eigenvalue weighted by atomic mass is 10.1. The first-order valence-corrected chi connectivity index (χ1v) is 8.22. The molecule has 1 aromatic carbocycles. The summed E-state index contributed by atoms with van der Waals surface area (Å²) in [7, 11) is 1.82. The molecule has 6 nitrogen and oxygen atoms in total. The van der Waals surface area contributed by atoms with Gasteiger partial charge in [0, 0.05) is 24.0 Å². The molecule has 0 unspecified atom stereocenters. The average molecular weight is 387 g/mol. The Kier molecular flexibility index (Phi) is 4.96.